The third-order valence-electron chi connectivity index (χ3n) is 8.69. The van der Waals surface area contributed by atoms with E-state index < -0.39 is 12.1 Å². The number of carbonyl (C=O) groups is 2. The molecular weight excluding hydrogens is 590 g/mol. The Morgan fingerprint density at radius 1 is 0.957 bits per heavy atom. The molecule has 0 saturated heterocycles. The lowest BCUT2D eigenvalue weighted by molar-refractivity contribution is -0.144. The Morgan fingerprint density at radius 3 is 2.39 bits per heavy atom. The number of ether oxygens (including phenoxy) is 5. The zero-order chi connectivity index (χ0) is 32.2. The predicted octanol–water partition coefficient (Wildman–Crippen LogP) is 4.97. The number of nitrogens with zero attached hydrogens (tertiary/aromatic N) is 4. The van der Waals surface area contributed by atoms with E-state index in [9.17, 15) is 9.59 Å². The van der Waals surface area contributed by atoms with Gasteiger partial charge in [-0.1, -0.05) is 42.7 Å². The summed E-state index contributed by atoms with van der Waals surface area (Å²) >= 11 is 0. The van der Waals surface area contributed by atoms with E-state index in [0.29, 0.717) is 45.3 Å². The van der Waals surface area contributed by atoms with Crippen molar-refractivity contribution in [3.05, 3.63) is 65.7 Å². The normalized spacial score (nSPS) is 15.7. The number of fused-ring (bicyclic) bond motifs is 2. The molecule has 242 valence electrons. The maximum Gasteiger partial charge on any atom is 0.248 e. The van der Waals surface area contributed by atoms with Crippen LogP contribution in [0.15, 0.2) is 54.6 Å². The van der Waals surface area contributed by atoms with Crippen molar-refractivity contribution in [2.45, 2.75) is 63.7 Å². The topological polar surface area (TPSA) is 126 Å². The van der Waals surface area contributed by atoms with Gasteiger partial charge >= 0.3 is 0 Å². The second kappa shape index (κ2) is 13.6. The first-order chi connectivity index (χ1) is 22.4. The van der Waals surface area contributed by atoms with Crippen molar-refractivity contribution in [3.63, 3.8) is 0 Å². The lowest BCUT2D eigenvalue weighted by Crippen LogP contribution is -2.48. The molecule has 1 aliphatic heterocycles. The molecule has 46 heavy (non-hydrogen) atoms. The highest BCUT2D eigenvalue weighted by Gasteiger charge is 2.37. The molecule has 12 heteroatoms. The second-order valence-electron chi connectivity index (χ2n) is 11.6. The van der Waals surface area contributed by atoms with Gasteiger partial charge in [0.15, 0.2) is 23.0 Å². The first-order valence-corrected chi connectivity index (χ1v) is 15.5. The van der Waals surface area contributed by atoms with Crippen molar-refractivity contribution in [1.82, 2.24) is 25.2 Å². The number of hydrogen-bond acceptors (Lipinski definition) is 9. The van der Waals surface area contributed by atoms with E-state index in [1.807, 2.05) is 42.5 Å². The Hall–Kier alpha value is -5.00. The number of carbonyl (C=O) groups excluding carboxylic acids is 2. The van der Waals surface area contributed by atoms with Gasteiger partial charge in [-0.3, -0.25) is 9.59 Å². The number of nitrogens with one attached hydrogen (secondary N) is 1. The fraction of sp³-hybridized carbons (Fsp3) is 0.412. The van der Waals surface area contributed by atoms with E-state index in [0.717, 1.165) is 37.7 Å². The van der Waals surface area contributed by atoms with E-state index in [2.05, 4.69) is 15.6 Å². The summed E-state index contributed by atoms with van der Waals surface area (Å²) in [4.78, 5) is 30.9. The molecule has 0 spiro atoms. The molecule has 6 rings (SSSR count). The maximum absolute atomic E-state index is 14.8. The van der Waals surface area contributed by atoms with Crippen LogP contribution >= 0.6 is 0 Å². The highest BCUT2D eigenvalue weighted by molar-refractivity contribution is 5.91. The molecule has 2 heterocycles. The van der Waals surface area contributed by atoms with Crippen LogP contribution in [0.3, 0.4) is 0 Å². The maximum atomic E-state index is 14.8. The molecule has 0 radical (unpaired) electrons. The quantitative estimate of drug-likeness (QED) is 0.245. The summed E-state index contributed by atoms with van der Waals surface area (Å²) in [6.45, 7) is 1.98. The summed E-state index contributed by atoms with van der Waals surface area (Å²) in [6.07, 6.45) is 4.98. The summed E-state index contributed by atoms with van der Waals surface area (Å²) in [5, 5.41) is 11.9. The minimum Gasteiger partial charge on any atom is -0.493 e. The van der Waals surface area contributed by atoms with Crippen molar-refractivity contribution >= 4 is 22.8 Å². The molecule has 2 unspecified atom stereocenters. The summed E-state index contributed by atoms with van der Waals surface area (Å²) in [6, 6.07) is 14.6. The number of para-hydroxylation sites is 1. The molecule has 12 nitrogen and oxygen atoms in total. The molecule has 3 aromatic carbocycles. The fourth-order valence-electron chi connectivity index (χ4n) is 6.31. The lowest BCUT2D eigenvalue weighted by atomic mass is 9.94. The number of methoxy groups -OCH3 is 3. The SMILES string of the molecule is COc1cc(C(C(=O)NC2CCCCC2)N(Cc2ccc3c(c2)OCO3)C(=O)C(C)n2nnc3ccccc32)cc(OC)c1OC. The third-order valence-corrected chi connectivity index (χ3v) is 8.69. The van der Waals surface area contributed by atoms with Gasteiger partial charge in [-0.25, -0.2) is 4.68 Å². The van der Waals surface area contributed by atoms with Crippen molar-refractivity contribution in [1.29, 1.82) is 0 Å². The number of hydrogen-bond donors (Lipinski definition) is 1. The molecule has 2 aliphatic rings. The van der Waals surface area contributed by atoms with E-state index >= 15 is 0 Å². The van der Waals surface area contributed by atoms with Crippen LogP contribution < -0.4 is 29.0 Å². The largest absolute Gasteiger partial charge is 0.493 e. The summed E-state index contributed by atoms with van der Waals surface area (Å²) in [5.41, 5.74) is 2.65. The average Bonchev–Trinajstić information content (AvgIpc) is 3.74. The minimum atomic E-state index is -1.06. The zero-order valence-corrected chi connectivity index (χ0v) is 26.5. The van der Waals surface area contributed by atoms with Gasteiger partial charge in [-0.2, -0.15) is 0 Å². The first-order valence-electron chi connectivity index (χ1n) is 15.5. The van der Waals surface area contributed by atoms with Crippen LogP contribution in [-0.4, -0.2) is 65.9 Å². The van der Waals surface area contributed by atoms with Gasteiger partial charge < -0.3 is 33.9 Å². The molecule has 1 aliphatic carbocycles. The van der Waals surface area contributed by atoms with Crippen molar-refractivity contribution in [2.75, 3.05) is 28.1 Å². The third kappa shape index (κ3) is 6.11. The molecular formula is C34H39N5O7. The van der Waals surface area contributed by atoms with Gasteiger partial charge in [0.1, 0.15) is 17.6 Å². The van der Waals surface area contributed by atoms with E-state index in [-0.39, 0.29) is 31.2 Å². The number of aromatic nitrogens is 3. The highest BCUT2D eigenvalue weighted by Crippen LogP contribution is 2.42. The molecule has 2 amide bonds. The molecule has 1 aromatic heterocycles. The number of benzene rings is 3. The Bertz CT molecular complexity index is 1690. The van der Waals surface area contributed by atoms with Crippen LogP contribution in [0.4, 0.5) is 0 Å². The monoisotopic (exact) mass is 629 g/mol. The van der Waals surface area contributed by atoms with E-state index in [1.54, 1.807) is 28.6 Å². The number of rotatable bonds is 11. The van der Waals surface area contributed by atoms with Gasteiger partial charge in [0.2, 0.25) is 24.4 Å². The van der Waals surface area contributed by atoms with Crippen molar-refractivity contribution in [2.24, 2.45) is 0 Å². The smallest absolute Gasteiger partial charge is 0.248 e. The van der Waals surface area contributed by atoms with Crippen LogP contribution in [-0.2, 0) is 16.1 Å². The summed E-state index contributed by atoms with van der Waals surface area (Å²) < 4.78 is 29.7. The molecule has 0 bridgehead atoms. The Labute approximate surface area is 267 Å². The van der Waals surface area contributed by atoms with Crippen molar-refractivity contribution in [3.8, 4) is 28.7 Å². The van der Waals surface area contributed by atoms with Gasteiger partial charge in [0.05, 0.1) is 26.8 Å². The lowest BCUT2D eigenvalue weighted by Gasteiger charge is -2.35. The van der Waals surface area contributed by atoms with Crippen LogP contribution in [0.2, 0.25) is 0 Å². The van der Waals surface area contributed by atoms with Crippen LogP contribution in [0.25, 0.3) is 11.0 Å². The standard InChI is InChI=1S/C34H39N5O7/c1-21(39-26-13-9-8-12-25(26)36-37-39)34(41)38(19-22-14-15-27-28(16-22)46-20-45-27)31(33(40)35-24-10-6-5-7-11-24)23-17-29(42-2)32(44-4)30(18-23)43-3/h8-9,12-18,21,24,31H,5-7,10-11,19-20H2,1-4H3,(H,35,40). The zero-order valence-electron chi connectivity index (χ0n) is 26.5. The number of amides is 2. The highest BCUT2D eigenvalue weighted by atomic mass is 16.7. The molecule has 2 atom stereocenters. The minimum absolute atomic E-state index is 0.00460. The van der Waals surface area contributed by atoms with Crippen molar-refractivity contribution < 1.29 is 33.3 Å². The summed E-state index contributed by atoms with van der Waals surface area (Å²) in [7, 11) is 4.56. The Balaban J connectivity index is 1.47. The fourth-order valence-corrected chi connectivity index (χ4v) is 6.31. The predicted molar refractivity (Wildman–Crippen MR) is 169 cm³/mol. The first kappa shape index (κ1) is 31.0. The van der Waals surface area contributed by atoms with Gasteiger partial charge in [-0.05, 0) is 67.3 Å². The molecule has 1 N–H and O–H groups in total. The Kier molecular flexibility index (Phi) is 9.13. The van der Waals surface area contributed by atoms with Gasteiger partial charge in [0.25, 0.3) is 0 Å². The molecule has 1 saturated carbocycles. The summed E-state index contributed by atoms with van der Waals surface area (Å²) in [5.74, 6) is 1.71. The van der Waals surface area contributed by atoms with E-state index in [1.165, 1.54) is 21.3 Å². The average molecular weight is 630 g/mol. The molecule has 4 aromatic rings. The van der Waals surface area contributed by atoms with Gasteiger partial charge in [-0.15, -0.1) is 5.10 Å². The second-order valence-corrected chi connectivity index (χ2v) is 11.6. The van der Waals surface area contributed by atoms with Crippen LogP contribution in [0.5, 0.6) is 28.7 Å². The Morgan fingerprint density at radius 2 is 1.67 bits per heavy atom. The molecule has 1 fully saturated rings. The van der Waals surface area contributed by atoms with E-state index in [4.69, 9.17) is 23.7 Å². The van der Waals surface area contributed by atoms with Crippen LogP contribution in [0.1, 0.15) is 62.2 Å². The van der Waals surface area contributed by atoms with Crippen LogP contribution in [0, 0.1) is 0 Å². The van der Waals surface area contributed by atoms with Gasteiger partial charge in [0, 0.05) is 12.6 Å².